The van der Waals surface area contributed by atoms with E-state index in [2.05, 4.69) is 0 Å². The van der Waals surface area contributed by atoms with Gasteiger partial charge in [-0.05, 0) is 36.4 Å². The van der Waals surface area contributed by atoms with Crippen molar-refractivity contribution in [1.29, 1.82) is 0 Å². The van der Waals surface area contributed by atoms with Crippen LogP contribution in [-0.2, 0) is 21.0 Å². The maximum Gasteiger partial charge on any atom is 0.416 e. The van der Waals surface area contributed by atoms with Gasteiger partial charge in [-0.3, -0.25) is 9.10 Å². The van der Waals surface area contributed by atoms with E-state index in [1.807, 2.05) is 0 Å². The molecule has 0 aromatic heterocycles. The fraction of sp³-hybridized carbons (Fsp3) is 0.235. The molecule has 0 atom stereocenters. The van der Waals surface area contributed by atoms with E-state index >= 15 is 0 Å². The van der Waals surface area contributed by atoms with Crippen molar-refractivity contribution < 1.29 is 41.0 Å². The number of alkyl halides is 3. The Balaban J connectivity index is 2.02. The van der Waals surface area contributed by atoms with E-state index < -0.39 is 34.3 Å². The average molecular weight is 417 g/mol. The van der Waals surface area contributed by atoms with Crippen LogP contribution in [0.25, 0.3) is 0 Å². The molecule has 2 aromatic carbocycles. The predicted molar refractivity (Wildman–Crippen MR) is 91.0 cm³/mol. The Hall–Kier alpha value is -2.95. The number of carbonyl (C=O) groups is 1. The second-order valence-electron chi connectivity index (χ2n) is 5.76. The summed E-state index contributed by atoms with van der Waals surface area (Å²) in [6.45, 7) is -0.452. The minimum atomic E-state index is -4.61. The van der Waals surface area contributed by atoms with Crippen molar-refractivity contribution in [2.45, 2.75) is 11.1 Å². The number of carboxylic acids is 1. The van der Waals surface area contributed by atoms with Crippen molar-refractivity contribution in [3.8, 4) is 11.5 Å². The third-order valence-corrected chi connectivity index (χ3v) is 5.63. The molecular weight excluding hydrogens is 403 g/mol. The van der Waals surface area contributed by atoms with E-state index in [9.17, 15) is 26.4 Å². The Morgan fingerprint density at radius 3 is 2.21 bits per heavy atom. The highest BCUT2D eigenvalue weighted by Gasteiger charge is 2.32. The molecule has 7 nitrogen and oxygen atoms in total. The number of fused-ring (bicyclic) bond motifs is 1. The van der Waals surface area contributed by atoms with Crippen LogP contribution in [0.15, 0.2) is 47.4 Å². The second kappa shape index (κ2) is 7.23. The summed E-state index contributed by atoms with van der Waals surface area (Å²) in [5.41, 5.74) is -1.20. The first-order chi connectivity index (χ1) is 13.1. The lowest BCUT2D eigenvalue weighted by Crippen LogP contribution is -2.35. The molecule has 28 heavy (non-hydrogen) atoms. The SMILES string of the molecule is O=C(O)CN(c1ccc(C(F)(F)F)cc1)S(=O)(=O)c1ccc2c(c1)OCCO2. The minimum Gasteiger partial charge on any atom is -0.486 e. The molecule has 11 heteroatoms. The molecule has 1 N–H and O–H groups in total. The van der Waals surface area contributed by atoms with Gasteiger partial charge in [-0.2, -0.15) is 13.2 Å². The molecular formula is C17H14F3NO6S. The fourth-order valence-corrected chi connectivity index (χ4v) is 4.00. The number of ether oxygens (including phenoxy) is 2. The van der Waals surface area contributed by atoms with E-state index in [0.717, 1.165) is 12.1 Å². The van der Waals surface area contributed by atoms with Crippen molar-refractivity contribution >= 4 is 21.7 Å². The van der Waals surface area contributed by atoms with Gasteiger partial charge in [-0.1, -0.05) is 0 Å². The summed E-state index contributed by atoms with van der Waals surface area (Å²) in [7, 11) is -4.40. The third-order valence-electron chi connectivity index (χ3n) is 3.86. The van der Waals surface area contributed by atoms with Crippen molar-refractivity contribution in [3.05, 3.63) is 48.0 Å². The van der Waals surface area contributed by atoms with Gasteiger partial charge in [0, 0.05) is 6.07 Å². The van der Waals surface area contributed by atoms with Crippen molar-refractivity contribution in [1.82, 2.24) is 0 Å². The van der Waals surface area contributed by atoms with E-state index in [4.69, 9.17) is 14.6 Å². The Morgan fingerprint density at radius 2 is 1.64 bits per heavy atom. The summed E-state index contributed by atoms with van der Waals surface area (Å²) in [6.07, 6.45) is -4.61. The summed E-state index contributed by atoms with van der Waals surface area (Å²) in [5, 5.41) is 9.10. The van der Waals surface area contributed by atoms with Crippen LogP contribution in [0.5, 0.6) is 11.5 Å². The number of benzene rings is 2. The molecule has 2 aromatic rings. The maximum absolute atomic E-state index is 13.0. The van der Waals surface area contributed by atoms with Gasteiger partial charge >= 0.3 is 12.1 Å². The number of hydrogen-bond donors (Lipinski definition) is 1. The zero-order chi connectivity index (χ0) is 20.5. The molecule has 0 aliphatic carbocycles. The molecule has 0 amide bonds. The fourth-order valence-electron chi connectivity index (χ4n) is 2.57. The molecule has 1 heterocycles. The number of rotatable bonds is 5. The van der Waals surface area contributed by atoms with Crippen LogP contribution < -0.4 is 13.8 Å². The summed E-state index contributed by atoms with van der Waals surface area (Å²) in [6, 6.07) is 6.94. The third kappa shape index (κ3) is 3.98. The van der Waals surface area contributed by atoms with Crippen LogP contribution >= 0.6 is 0 Å². The van der Waals surface area contributed by atoms with Gasteiger partial charge in [-0.25, -0.2) is 8.42 Å². The predicted octanol–water partition coefficient (Wildman–Crippen LogP) is 2.76. The topological polar surface area (TPSA) is 93.1 Å². The smallest absolute Gasteiger partial charge is 0.416 e. The Labute approximate surface area is 158 Å². The highest BCUT2D eigenvalue weighted by molar-refractivity contribution is 7.92. The summed E-state index contributed by atoms with van der Waals surface area (Å²) in [5.74, 6) is -0.958. The zero-order valence-electron chi connectivity index (χ0n) is 14.1. The largest absolute Gasteiger partial charge is 0.486 e. The maximum atomic E-state index is 13.0. The van der Waals surface area contributed by atoms with E-state index in [1.54, 1.807) is 0 Å². The summed E-state index contributed by atoms with van der Waals surface area (Å²) < 4.78 is 75.3. The second-order valence-corrected chi connectivity index (χ2v) is 7.62. The van der Waals surface area contributed by atoms with Gasteiger partial charge in [-0.15, -0.1) is 0 Å². The average Bonchev–Trinajstić information content (AvgIpc) is 2.65. The molecule has 150 valence electrons. The standard InChI is InChI=1S/C17H14F3NO6S/c18-17(19,20)11-1-3-12(4-2-11)21(10-16(22)23)28(24,25)13-5-6-14-15(9-13)27-8-7-26-14/h1-6,9H,7-8,10H2,(H,22,23). The van der Waals surface area contributed by atoms with Crippen molar-refractivity contribution in [2.75, 3.05) is 24.1 Å². The number of aliphatic carboxylic acids is 1. The van der Waals surface area contributed by atoms with Crippen LogP contribution in [0.4, 0.5) is 18.9 Å². The van der Waals surface area contributed by atoms with Gasteiger partial charge in [0.25, 0.3) is 10.0 Å². The van der Waals surface area contributed by atoms with Gasteiger partial charge in [0.15, 0.2) is 11.5 Å². The quantitative estimate of drug-likeness (QED) is 0.804. The van der Waals surface area contributed by atoms with Crippen LogP contribution in [0.3, 0.4) is 0 Å². The number of anilines is 1. The lowest BCUT2D eigenvalue weighted by Gasteiger charge is -2.24. The van der Waals surface area contributed by atoms with E-state index in [-0.39, 0.29) is 22.9 Å². The van der Waals surface area contributed by atoms with E-state index in [0.29, 0.717) is 28.8 Å². The molecule has 0 spiro atoms. The molecule has 0 bridgehead atoms. The van der Waals surface area contributed by atoms with Crippen LogP contribution in [0, 0.1) is 0 Å². The summed E-state index contributed by atoms with van der Waals surface area (Å²) in [4.78, 5) is 10.9. The molecule has 1 aliphatic heterocycles. The number of carboxylic acid groups (broad SMARTS) is 1. The molecule has 0 saturated carbocycles. The van der Waals surface area contributed by atoms with Crippen molar-refractivity contribution in [3.63, 3.8) is 0 Å². The van der Waals surface area contributed by atoms with Gasteiger partial charge < -0.3 is 14.6 Å². The molecule has 3 rings (SSSR count). The first kappa shape index (κ1) is 19.8. The first-order valence-electron chi connectivity index (χ1n) is 7.90. The number of sulfonamides is 1. The van der Waals surface area contributed by atoms with Gasteiger partial charge in [0.1, 0.15) is 19.8 Å². The monoisotopic (exact) mass is 417 g/mol. The molecule has 0 unspecified atom stereocenters. The molecule has 0 radical (unpaired) electrons. The Kier molecular flexibility index (Phi) is 5.11. The highest BCUT2D eigenvalue weighted by Crippen LogP contribution is 2.35. The Morgan fingerprint density at radius 1 is 1.04 bits per heavy atom. The van der Waals surface area contributed by atoms with Crippen LogP contribution in [-0.4, -0.2) is 39.3 Å². The van der Waals surface area contributed by atoms with Gasteiger partial charge in [0.2, 0.25) is 0 Å². The minimum absolute atomic E-state index is 0.176. The molecule has 0 fully saturated rings. The number of hydrogen-bond acceptors (Lipinski definition) is 5. The molecule has 0 saturated heterocycles. The van der Waals surface area contributed by atoms with E-state index in [1.165, 1.54) is 18.2 Å². The molecule has 1 aliphatic rings. The van der Waals surface area contributed by atoms with Gasteiger partial charge in [0.05, 0.1) is 16.1 Å². The zero-order valence-corrected chi connectivity index (χ0v) is 15.0. The van der Waals surface area contributed by atoms with Crippen LogP contribution in [0.2, 0.25) is 0 Å². The first-order valence-corrected chi connectivity index (χ1v) is 9.34. The van der Waals surface area contributed by atoms with Crippen molar-refractivity contribution in [2.24, 2.45) is 0 Å². The lowest BCUT2D eigenvalue weighted by atomic mass is 10.2. The number of nitrogens with zero attached hydrogens (tertiary/aromatic N) is 1. The highest BCUT2D eigenvalue weighted by atomic mass is 32.2. The normalized spacial score (nSPS) is 13.8. The summed E-state index contributed by atoms with van der Waals surface area (Å²) >= 11 is 0. The Bertz CT molecular complexity index is 989. The lowest BCUT2D eigenvalue weighted by molar-refractivity contribution is -0.138. The van der Waals surface area contributed by atoms with Crippen LogP contribution in [0.1, 0.15) is 5.56 Å². The number of halogens is 3.